The standard InChI is InChI=1S/C24H30N2O/c1-18(2)19-8-10-20(11-9-19)24(27)26(22-12-13-22)23-14-16-25(17-15-23)21-6-4-3-5-7-21/h3-11,18,22-23H,12-17H2,1-2H3. The summed E-state index contributed by atoms with van der Waals surface area (Å²) in [6, 6.07) is 19.7. The molecule has 3 nitrogen and oxygen atoms in total. The van der Waals surface area contributed by atoms with E-state index in [4.69, 9.17) is 0 Å². The number of carbonyl (C=O) groups is 1. The van der Waals surface area contributed by atoms with Gasteiger partial charge in [-0.15, -0.1) is 0 Å². The van der Waals surface area contributed by atoms with Crippen molar-refractivity contribution in [3.63, 3.8) is 0 Å². The molecule has 0 N–H and O–H groups in total. The molecular weight excluding hydrogens is 332 g/mol. The summed E-state index contributed by atoms with van der Waals surface area (Å²) in [7, 11) is 0. The first-order valence-electron chi connectivity index (χ1n) is 10.4. The van der Waals surface area contributed by atoms with Crippen molar-refractivity contribution in [1.82, 2.24) is 4.90 Å². The lowest BCUT2D eigenvalue weighted by molar-refractivity contribution is 0.0630. The fourth-order valence-corrected chi connectivity index (χ4v) is 4.18. The van der Waals surface area contributed by atoms with Crippen LogP contribution in [0.5, 0.6) is 0 Å². The Labute approximate surface area is 163 Å². The molecule has 2 fully saturated rings. The number of anilines is 1. The van der Waals surface area contributed by atoms with E-state index >= 15 is 0 Å². The molecule has 1 aliphatic heterocycles. The molecule has 1 amide bonds. The van der Waals surface area contributed by atoms with Gasteiger partial charge in [-0.3, -0.25) is 4.79 Å². The van der Waals surface area contributed by atoms with E-state index in [0.29, 0.717) is 18.0 Å². The Hall–Kier alpha value is -2.29. The lowest BCUT2D eigenvalue weighted by atomic mass is 9.99. The molecule has 0 atom stereocenters. The quantitative estimate of drug-likeness (QED) is 0.740. The largest absolute Gasteiger partial charge is 0.371 e. The number of hydrogen-bond donors (Lipinski definition) is 0. The van der Waals surface area contributed by atoms with Crippen molar-refractivity contribution in [1.29, 1.82) is 0 Å². The molecule has 0 aromatic heterocycles. The van der Waals surface area contributed by atoms with Gasteiger partial charge in [0.25, 0.3) is 5.91 Å². The molecule has 3 heteroatoms. The maximum absolute atomic E-state index is 13.3. The Morgan fingerprint density at radius 1 is 0.889 bits per heavy atom. The highest BCUT2D eigenvalue weighted by Crippen LogP contribution is 2.34. The number of carbonyl (C=O) groups excluding carboxylic acids is 1. The maximum atomic E-state index is 13.3. The van der Waals surface area contributed by atoms with Gasteiger partial charge in [0.1, 0.15) is 0 Å². The number of hydrogen-bond acceptors (Lipinski definition) is 2. The second-order valence-corrected chi connectivity index (χ2v) is 8.27. The van der Waals surface area contributed by atoms with E-state index < -0.39 is 0 Å². The van der Waals surface area contributed by atoms with Crippen LogP contribution in [0.1, 0.15) is 61.4 Å². The van der Waals surface area contributed by atoms with Gasteiger partial charge in [-0.05, 0) is 61.4 Å². The van der Waals surface area contributed by atoms with Crippen LogP contribution < -0.4 is 4.90 Å². The molecule has 2 aromatic rings. The molecule has 1 saturated heterocycles. The lowest BCUT2D eigenvalue weighted by Crippen LogP contribution is -2.48. The number of amides is 1. The zero-order valence-corrected chi connectivity index (χ0v) is 16.5. The zero-order chi connectivity index (χ0) is 18.8. The fourth-order valence-electron chi connectivity index (χ4n) is 4.18. The fraction of sp³-hybridized carbons (Fsp3) is 0.458. The first-order chi connectivity index (χ1) is 13.1. The van der Waals surface area contributed by atoms with Crippen LogP contribution in [0.2, 0.25) is 0 Å². The highest BCUT2D eigenvalue weighted by molar-refractivity contribution is 5.95. The molecular formula is C24H30N2O. The molecule has 4 rings (SSSR count). The highest BCUT2D eigenvalue weighted by Gasteiger charge is 2.38. The van der Waals surface area contributed by atoms with Gasteiger partial charge < -0.3 is 9.80 Å². The van der Waals surface area contributed by atoms with E-state index in [1.54, 1.807) is 0 Å². The maximum Gasteiger partial charge on any atom is 0.254 e. The van der Waals surface area contributed by atoms with Crippen molar-refractivity contribution < 1.29 is 4.79 Å². The number of para-hydroxylation sites is 1. The van der Waals surface area contributed by atoms with Gasteiger partial charge in [-0.25, -0.2) is 0 Å². The van der Waals surface area contributed by atoms with Crippen molar-refractivity contribution >= 4 is 11.6 Å². The first-order valence-corrected chi connectivity index (χ1v) is 10.4. The second kappa shape index (κ2) is 7.75. The van der Waals surface area contributed by atoms with Gasteiger partial charge in [0.15, 0.2) is 0 Å². The Morgan fingerprint density at radius 2 is 1.48 bits per heavy atom. The predicted molar refractivity (Wildman–Crippen MR) is 111 cm³/mol. The number of piperidine rings is 1. The summed E-state index contributed by atoms with van der Waals surface area (Å²) in [6.07, 6.45) is 4.44. The molecule has 0 bridgehead atoms. The summed E-state index contributed by atoms with van der Waals surface area (Å²) in [6.45, 7) is 6.43. The monoisotopic (exact) mass is 362 g/mol. The van der Waals surface area contributed by atoms with Crippen molar-refractivity contribution in [3.8, 4) is 0 Å². The topological polar surface area (TPSA) is 23.6 Å². The summed E-state index contributed by atoms with van der Waals surface area (Å²) in [5.74, 6) is 0.724. The van der Waals surface area contributed by atoms with Crippen molar-refractivity contribution in [2.24, 2.45) is 0 Å². The smallest absolute Gasteiger partial charge is 0.254 e. The highest BCUT2D eigenvalue weighted by atomic mass is 16.2. The molecule has 1 aliphatic carbocycles. The summed E-state index contributed by atoms with van der Waals surface area (Å²) >= 11 is 0. The van der Waals surface area contributed by atoms with E-state index in [1.165, 1.54) is 11.3 Å². The number of benzene rings is 2. The van der Waals surface area contributed by atoms with Crippen molar-refractivity contribution in [2.45, 2.75) is 57.5 Å². The van der Waals surface area contributed by atoms with Crippen LogP contribution in [0, 0.1) is 0 Å². The molecule has 0 unspecified atom stereocenters. The summed E-state index contributed by atoms with van der Waals surface area (Å²) < 4.78 is 0. The minimum Gasteiger partial charge on any atom is -0.371 e. The molecule has 1 saturated carbocycles. The van der Waals surface area contributed by atoms with Crippen LogP contribution in [-0.2, 0) is 0 Å². The number of rotatable bonds is 5. The van der Waals surface area contributed by atoms with Crippen LogP contribution in [0.15, 0.2) is 54.6 Å². The van der Waals surface area contributed by atoms with Gasteiger partial charge >= 0.3 is 0 Å². The number of nitrogens with zero attached hydrogens (tertiary/aromatic N) is 2. The Balaban J connectivity index is 1.45. The van der Waals surface area contributed by atoms with Gasteiger partial charge in [0, 0.05) is 36.4 Å². The van der Waals surface area contributed by atoms with Crippen molar-refractivity contribution in [2.75, 3.05) is 18.0 Å². The van der Waals surface area contributed by atoms with Crippen LogP contribution in [-0.4, -0.2) is 36.0 Å². The van der Waals surface area contributed by atoms with Gasteiger partial charge in [0.05, 0.1) is 0 Å². The summed E-state index contributed by atoms with van der Waals surface area (Å²) in [5.41, 5.74) is 3.43. The average molecular weight is 363 g/mol. The second-order valence-electron chi connectivity index (χ2n) is 8.27. The third kappa shape index (κ3) is 4.02. The Bertz CT molecular complexity index is 757. The van der Waals surface area contributed by atoms with Crippen LogP contribution in [0.3, 0.4) is 0 Å². The minimum absolute atomic E-state index is 0.228. The Kier molecular flexibility index (Phi) is 5.20. The van der Waals surface area contributed by atoms with Gasteiger partial charge in [0.2, 0.25) is 0 Å². The van der Waals surface area contributed by atoms with E-state index in [-0.39, 0.29) is 5.91 Å². The summed E-state index contributed by atoms with van der Waals surface area (Å²) in [4.78, 5) is 17.9. The SMILES string of the molecule is CC(C)c1ccc(C(=O)N(C2CC2)C2CCN(c3ccccc3)CC2)cc1. The van der Waals surface area contributed by atoms with Crippen LogP contribution >= 0.6 is 0 Å². The Morgan fingerprint density at radius 3 is 2.04 bits per heavy atom. The third-order valence-electron chi connectivity index (χ3n) is 5.98. The van der Waals surface area contributed by atoms with E-state index in [9.17, 15) is 4.79 Å². The average Bonchev–Trinajstić information content (AvgIpc) is 3.54. The molecule has 27 heavy (non-hydrogen) atoms. The molecule has 2 aromatic carbocycles. The molecule has 0 spiro atoms. The molecule has 2 aliphatic rings. The minimum atomic E-state index is 0.228. The van der Waals surface area contributed by atoms with Crippen LogP contribution in [0.4, 0.5) is 5.69 Å². The lowest BCUT2D eigenvalue weighted by Gasteiger charge is -2.39. The van der Waals surface area contributed by atoms with Crippen molar-refractivity contribution in [3.05, 3.63) is 65.7 Å². The van der Waals surface area contributed by atoms with Gasteiger partial charge in [-0.2, -0.15) is 0 Å². The van der Waals surface area contributed by atoms with Crippen LogP contribution in [0.25, 0.3) is 0 Å². The van der Waals surface area contributed by atoms with E-state index in [1.807, 2.05) is 12.1 Å². The van der Waals surface area contributed by atoms with Gasteiger partial charge in [-0.1, -0.05) is 44.2 Å². The molecule has 1 heterocycles. The molecule has 142 valence electrons. The van der Waals surface area contributed by atoms with E-state index in [2.05, 4.69) is 66.1 Å². The summed E-state index contributed by atoms with van der Waals surface area (Å²) in [5, 5.41) is 0. The zero-order valence-electron chi connectivity index (χ0n) is 16.5. The molecule has 0 radical (unpaired) electrons. The first kappa shape index (κ1) is 18.1. The predicted octanol–water partition coefficient (Wildman–Crippen LogP) is 5.08. The normalized spacial score (nSPS) is 18.0. The van der Waals surface area contributed by atoms with E-state index in [0.717, 1.165) is 44.3 Å². The third-order valence-corrected chi connectivity index (χ3v) is 5.98.